The van der Waals surface area contributed by atoms with Crippen molar-refractivity contribution in [1.29, 1.82) is 0 Å². The average Bonchev–Trinajstić information content (AvgIpc) is 3.52. The molecule has 0 bridgehead atoms. The highest BCUT2D eigenvalue weighted by Crippen LogP contribution is 2.43. The number of hydrogen-bond donors (Lipinski definition) is 0. The number of alkyl halides is 3. The molecule has 4 aromatic rings. The summed E-state index contributed by atoms with van der Waals surface area (Å²) in [5, 5.41) is 19.0. The summed E-state index contributed by atoms with van der Waals surface area (Å²) in [7, 11) is 0. The van der Waals surface area contributed by atoms with Crippen LogP contribution >= 0.6 is 34.8 Å². The van der Waals surface area contributed by atoms with Crippen LogP contribution in [-0.2, 0) is 21.1 Å². The van der Waals surface area contributed by atoms with Gasteiger partial charge in [0.25, 0.3) is 5.69 Å². The SMILES string of the molecule is CCOC(=O)C(C)(C)c1oncc1C(=O)c1ccc(C(F)(F)F)cc1[N+](=O)[O-].O=C(c1cnoc1C1CC1)c1ccc(Cl)c(Cl)c1Cl. The van der Waals surface area contributed by atoms with Crippen molar-refractivity contribution in [3.63, 3.8) is 0 Å². The highest BCUT2D eigenvalue weighted by molar-refractivity contribution is 6.49. The van der Waals surface area contributed by atoms with E-state index >= 15 is 0 Å². The Labute approximate surface area is 279 Å². The van der Waals surface area contributed by atoms with Gasteiger partial charge in [-0.15, -0.1) is 0 Å². The average molecular weight is 717 g/mol. The maximum absolute atomic E-state index is 12.8. The third-order valence-corrected chi connectivity index (χ3v) is 8.30. The van der Waals surface area contributed by atoms with Gasteiger partial charge in [-0.25, -0.2) is 0 Å². The maximum Gasteiger partial charge on any atom is 0.416 e. The molecule has 17 heteroatoms. The highest BCUT2D eigenvalue weighted by atomic mass is 35.5. The minimum atomic E-state index is -4.82. The van der Waals surface area contributed by atoms with Gasteiger partial charge in [0.05, 0.1) is 55.7 Å². The van der Waals surface area contributed by atoms with Crippen molar-refractivity contribution in [3.8, 4) is 0 Å². The lowest BCUT2D eigenvalue weighted by atomic mass is 9.86. The molecule has 2 heterocycles. The quantitative estimate of drug-likeness (QED) is 0.0542. The predicted octanol–water partition coefficient (Wildman–Crippen LogP) is 8.42. The van der Waals surface area contributed by atoms with Crippen LogP contribution in [0.5, 0.6) is 0 Å². The summed E-state index contributed by atoms with van der Waals surface area (Å²) < 4.78 is 53.6. The van der Waals surface area contributed by atoms with Crippen LogP contribution in [0.25, 0.3) is 0 Å². The molecule has 0 amide bonds. The number of nitro groups is 1. The van der Waals surface area contributed by atoms with Crippen molar-refractivity contribution in [2.24, 2.45) is 0 Å². The normalized spacial score (nSPS) is 13.0. The van der Waals surface area contributed by atoms with Gasteiger partial charge in [0.1, 0.15) is 11.0 Å². The van der Waals surface area contributed by atoms with Gasteiger partial charge < -0.3 is 13.8 Å². The number of ketones is 2. The fourth-order valence-corrected chi connectivity index (χ4v) is 4.98. The Bertz CT molecular complexity index is 1870. The van der Waals surface area contributed by atoms with Crippen LogP contribution in [0, 0.1) is 10.1 Å². The number of carbonyl (C=O) groups excluding carboxylic acids is 3. The first-order chi connectivity index (χ1) is 22.0. The summed E-state index contributed by atoms with van der Waals surface area (Å²) in [5.41, 5.74) is -3.89. The Balaban J connectivity index is 0.000000228. The van der Waals surface area contributed by atoms with Crippen molar-refractivity contribution in [1.82, 2.24) is 10.3 Å². The van der Waals surface area contributed by atoms with E-state index in [9.17, 15) is 37.7 Å². The van der Waals surface area contributed by atoms with E-state index in [0.717, 1.165) is 19.0 Å². The van der Waals surface area contributed by atoms with E-state index in [2.05, 4.69) is 10.3 Å². The number of ether oxygens (including phenoxy) is 1. The summed E-state index contributed by atoms with van der Waals surface area (Å²) >= 11 is 17.9. The van der Waals surface area contributed by atoms with Crippen molar-refractivity contribution in [2.45, 2.75) is 51.1 Å². The zero-order valence-corrected chi connectivity index (χ0v) is 26.9. The van der Waals surface area contributed by atoms with Gasteiger partial charge in [-0.05, 0) is 57.9 Å². The van der Waals surface area contributed by atoms with Crippen LogP contribution < -0.4 is 0 Å². The third-order valence-electron chi connectivity index (χ3n) is 7.01. The molecular weight excluding hydrogens is 694 g/mol. The zero-order chi connectivity index (χ0) is 34.8. The topological polar surface area (TPSA) is 156 Å². The van der Waals surface area contributed by atoms with E-state index in [4.69, 9.17) is 48.6 Å². The first-order valence-electron chi connectivity index (χ1n) is 13.7. The van der Waals surface area contributed by atoms with E-state index in [0.29, 0.717) is 40.0 Å². The summed E-state index contributed by atoms with van der Waals surface area (Å²) in [6.07, 6.45) is -0.412. The molecule has 248 valence electrons. The van der Waals surface area contributed by atoms with Crippen molar-refractivity contribution >= 4 is 58.0 Å². The second kappa shape index (κ2) is 13.8. The summed E-state index contributed by atoms with van der Waals surface area (Å²) in [5.74, 6) is -1.27. The Morgan fingerprint density at radius 1 is 0.936 bits per heavy atom. The van der Waals surface area contributed by atoms with Crippen LogP contribution in [0.3, 0.4) is 0 Å². The number of nitrogens with zero attached hydrogens (tertiary/aromatic N) is 3. The van der Waals surface area contributed by atoms with Gasteiger partial charge in [-0.1, -0.05) is 45.1 Å². The number of carbonyl (C=O) groups is 3. The first kappa shape index (κ1) is 35.6. The van der Waals surface area contributed by atoms with Gasteiger partial charge in [-0.2, -0.15) is 13.2 Å². The number of aromatic nitrogens is 2. The highest BCUT2D eigenvalue weighted by Gasteiger charge is 2.41. The van der Waals surface area contributed by atoms with Crippen LogP contribution in [0.4, 0.5) is 18.9 Å². The standard InChI is InChI=1S/C17H15F3N2O6.C13H8Cl3NO2/c1-4-27-15(24)16(2,3)14-11(8-21-28-14)13(23)10-6-5-9(17(18,19)20)7-12(10)22(25)26;14-9-4-3-7(10(15)11(9)16)12(18)8-5-17-19-13(8)6-1-2-6/h5-8H,4H2,1-3H3;3-6H,1-2H2. The molecule has 2 aromatic carbocycles. The molecule has 0 saturated heterocycles. The van der Waals surface area contributed by atoms with Crippen LogP contribution in [0.2, 0.25) is 15.1 Å². The molecule has 0 spiro atoms. The monoisotopic (exact) mass is 715 g/mol. The lowest BCUT2D eigenvalue weighted by Crippen LogP contribution is -2.32. The number of nitro benzene ring substituents is 1. The molecule has 1 aliphatic carbocycles. The summed E-state index contributed by atoms with van der Waals surface area (Å²) in [4.78, 5) is 47.5. The van der Waals surface area contributed by atoms with Crippen molar-refractivity contribution < 1.29 is 46.3 Å². The molecule has 11 nitrogen and oxygen atoms in total. The lowest BCUT2D eigenvalue weighted by Gasteiger charge is -2.20. The van der Waals surface area contributed by atoms with Crippen LogP contribution in [0.1, 0.15) is 88.5 Å². The fraction of sp³-hybridized carbons (Fsp3) is 0.300. The van der Waals surface area contributed by atoms with Crippen LogP contribution in [0.15, 0.2) is 51.8 Å². The number of benzene rings is 2. The molecule has 1 saturated carbocycles. The Morgan fingerprint density at radius 2 is 1.53 bits per heavy atom. The number of hydrogen-bond acceptors (Lipinski definition) is 10. The molecule has 0 N–H and O–H groups in total. The number of rotatable bonds is 9. The van der Waals surface area contributed by atoms with Crippen molar-refractivity contribution in [3.05, 3.63) is 107 Å². The van der Waals surface area contributed by atoms with Gasteiger partial charge in [-0.3, -0.25) is 24.5 Å². The first-order valence-corrected chi connectivity index (χ1v) is 14.8. The minimum absolute atomic E-state index is 0.0596. The summed E-state index contributed by atoms with van der Waals surface area (Å²) in [6.45, 7) is 4.42. The van der Waals surface area contributed by atoms with Gasteiger partial charge in [0.15, 0.2) is 17.3 Å². The Hall–Kier alpha value is -4.27. The molecule has 47 heavy (non-hydrogen) atoms. The molecule has 0 unspecified atom stereocenters. The second-order valence-electron chi connectivity index (χ2n) is 10.7. The number of esters is 1. The molecule has 1 aliphatic rings. The van der Waals surface area contributed by atoms with E-state index in [-0.39, 0.29) is 39.8 Å². The molecule has 2 aromatic heterocycles. The Kier molecular flexibility index (Phi) is 10.5. The fourth-order valence-electron chi connectivity index (χ4n) is 4.36. The minimum Gasteiger partial charge on any atom is -0.465 e. The third kappa shape index (κ3) is 7.50. The molecule has 5 rings (SSSR count). The molecular formula is C30H23Cl3F3N3O8. The second-order valence-corrected chi connectivity index (χ2v) is 11.8. The summed E-state index contributed by atoms with van der Waals surface area (Å²) in [6, 6.07) is 4.65. The molecule has 0 atom stereocenters. The Morgan fingerprint density at radius 3 is 2.13 bits per heavy atom. The zero-order valence-electron chi connectivity index (χ0n) is 24.6. The van der Waals surface area contributed by atoms with E-state index < -0.39 is 45.1 Å². The molecule has 0 aliphatic heterocycles. The smallest absolute Gasteiger partial charge is 0.416 e. The number of halogens is 6. The van der Waals surface area contributed by atoms with Gasteiger partial charge in [0.2, 0.25) is 5.78 Å². The van der Waals surface area contributed by atoms with E-state index in [1.807, 2.05) is 0 Å². The lowest BCUT2D eigenvalue weighted by molar-refractivity contribution is -0.385. The molecule has 1 fully saturated rings. The van der Waals surface area contributed by atoms with Crippen LogP contribution in [-0.4, -0.2) is 39.4 Å². The van der Waals surface area contributed by atoms with Crippen molar-refractivity contribution in [2.75, 3.05) is 6.61 Å². The maximum atomic E-state index is 12.8. The van der Waals surface area contributed by atoms with E-state index in [1.54, 1.807) is 19.1 Å². The molecule has 0 radical (unpaired) electrons. The van der Waals surface area contributed by atoms with Gasteiger partial charge >= 0.3 is 12.1 Å². The van der Waals surface area contributed by atoms with Gasteiger partial charge in [0, 0.05) is 17.5 Å². The largest absolute Gasteiger partial charge is 0.465 e. The van der Waals surface area contributed by atoms with E-state index in [1.165, 1.54) is 20.0 Å². The predicted molar refractivity (Wildman–Crippen MR) is 161 cm³/mol.